The maximum Gasteiger partial charge on any atom is 0.243 e. The maximum absolute atomic E-state index is 12.2. The molecule has 6 nitrogen and oxygen atoms in total. The number of carbonyl (C=O) groups is 1. The first-order valence-electron chi connectivity index (χ1n) is 8.26. The van der Waals surface area contributed by atoms with Crippen LogP contribution in [0.15, 0.2) is 11.6 Å². The highest BCUT2D eigenvalue weighted by molar-refractivity contribution is 7.13. The van der Waals surface area contributed by atoms with Gasteiger partial charge < -0.3 is 15.3 Å². The van der Waals surface area contributed by atoms with Crippen LogP contribution in [0.1, 0.15) is 26.7 Å². The van der Waals surface area contributed by atoms with Crippen LogP contribution in [0.2, 0.25) is 0 Å². The molecule has 1 saturated heterocycles. The van der Waals surface area contributed by atoms with Crippen LogP contribution in [-0.2, 0) is 4.79 Å². The largest absolute Gasteiger partial charge is 0.392 e. The highest BCUT2D eigenvalue weighted by Gasteiger charge is 2.25. The van der Waals surface area contributed by atoms with Gasteiger partial charge in [-0.25, -0.2) is 4.98 Å². The SMILES string of the molecule is C[C@H](O)CN1CCC(CN(C)[C@H](C)C(=O)Nc2nccs2)CC1. The zero-order valence-electron chi connectivity index (χ0n) is 14.2. The number of nitrogens with zero attached hydrogens (tertiary/aromatic N) is 3. The van der Waals surface area contributed by atoms with Gasteiger partial charge in [-0.3, -0.25) is 9.69 Å². The van der Waals surface area contributed by atoms with Gasteiger partial charge in [0, 0.05) is 24.7 Å². The Morgan fingerprint density at radius 1 is 1.52 bits per heavy atom. The normalized spacial score (nSPS) is 19.7. The predicted octanol–water partition coefficient (Wildman–Crippen LogP) is 1.49. The lowest BCUT2D eigenvalue weighted by Gasteiger charge is -2.35. The zero-order chi connectivity index (χ0) is 16.8. The first-order chi connectivity index (χ1) is 11.0. The number of aliphatic hydroxyl groups excluding tert-OH is 1. The average molecular weight is 340 g/mol. The molecule has 1 aromatic rings. The molecule has 1 fully saturated rings. The minimum Gasteiger partial charge on any atom is -0.392 e. The topological polar surface area (TPSA) is 68.7 Å². The number of likely N-dealkylation sites (N-methyl/N-ethyl adjacent to an activating group) is 1. The van der Waals surface area contributed by atoms with Crippen LogP contribution in [0.25, 0.3) is 0 Å². The monoisotopic (exact) mass is 340 g/mol. The Kier molecular flexibility index (Phi) is 6.95. The quantitative estimate of drug-likeness (QED) is 0.787. The molecule has 23 heavy (non-hydrogen) atoms. The van der Waals surface area contributed by atoms with Crippen molar-refractivity contribution >= 4 is 22.4 Å². The molecule has 1 amide bonds. The standard InChI is InChI=1S/C16H28N4O2S/c1-12(21)10-20-7-4-14(5-8-20)11-19(3)13(2)15(22)18-16-17-6-9-23-16/h6,9,12-14,21H,4-5,7-8,10-11H2,1-3H3,(H,17,18,22)/t12-,13+/m0/s1. The second-order valence-corrected chi connectivity index (χ2v) is 7.43. The summed E-state index contributed by atoms with van der Waals surface area (Å²) < 4.78 is 0. The van der Waals surface area contributed by atoms with E-state index in [0.717, 1.165) is 39.0 Å². The molecule has 1 aliphatic rings. The van der Waals surface area contributed by atoms with Crippen LogP contribution < -0.4 is 5.32 Å². The number of anilines is 1. The van der Waals surface area contributed by atoms with Crippen LogP contribution >= 0.6 is 11.3 Å². The number of thiazole rings is 1. The Labute approximate surface area is 142 Å². The molecule has 2 rings (SSSR count). The highest BCUT2D eigenvalue weighted by atomic mass is 32.1. The number of hydrogen-bond donors (Lipinski definition) is 2. The molecule has 0 unspecified atom stereocenters. The van der Waals surface area contributed by atoms with E-state index in [0.29, 0.717) is 11.0 Å². The number of amides is 1. The third-order valence-electron chi connectivity index (χ3n) is 4.48. The van der Waals surface area contributed by atoms with Crippen LogP contribution in [-0.4, -0.2) is 71.2 Å². The lowest BCUT2D eigenvalue weighted by atomic mass is 9.95. The Balaban J connectivity index is 1.73. The minimum absolute atomic E-state index is 0.00556. The van der Waals surface area contributed by atoms with E-state index in [1.807, 2.05) is 26.3 Å². The third-order valence-corrected chi connectivity index (χ3v) is 5.17. The number of aliphatic hydroxyl groups is 1. The summed E-state index contributed by atoms with van der Waals surface area (Å²) in [4.78, 5) is 20.8. The molecule has 0 aliphatic carbocycles. The van der Waals surface area contributed by atoms with Gasteiger partial charge in [0.05, 0.1) is 12.1 Å². The van der Waals surface area contributed by atoms with E-state index in [4.69, 9.17) is 0 Å². The Morgan fingerprint density at radius 3 is 2.78 bits per heavy atom. The molecule has 0 saturated carbocycles. The van der Waals surface area contributed by atoms with Crippen molar-refractivity contribution in [2.75, 3.05) is 38.5 Å². The molecule has 1 aromatic heterocycles. The second kappa shape index (κ2) is 8.73. The summed E-state index contributed by atoms with van der Waals surface area (Å²) in [5, 5.41) is 14.8. The number of aromatic nitrogens is 1. The first-order valence-corrected chi connectivity index (χ1v) is 9.14. The summed E-state index contributed by atoms with van der Waals surface area (Å²) in [6, 6.07) is -0.172. The molecule has 0 spiro atoms. The van der Waals surface area contributed by atoms with Gasteiger partial charge in [0.2, 0.25) is 5.91 Å². The smallest absolute Gasteiger partial charge is 0.243 e. The number of piperidine rings is 1. The number of carbonyl (C=O) groups excluding carboxylic acids is 1. The van der Waals surface area contributed by atoms with Gasteiger partial charge in [-0.15, -0.1) is 11.3 Å². The predicted molar refractivity (Wildman–Crippen MR) is 93.7 cm³/mol. The van der Waals surface area contributed by atoms with Crippen molar-refractivity contribution in [2.45, 2.75) is 38.8 Å². The third kappa shape index (κ3) is 5.84. The van der Waals surface area contributed by atoms with E-state index < -0.39 is 0 Å². The molecule has 0 radical (unpaired) electrons. The summed E-state index contributed by atoms with van der Waals surface area (Å²) in [6.07, 6.45) is 3.68. The first kappa shape index (κ1) is 18.3. The van der Waals surface area contributed by atoms with Gasteiger partial charge in [-0.1, -0.05) is 0 Å². The van der Waals surface area contributed by atoms with Crippen molar-refractivity contribution in [3.05, 3.63) is 11.6 Å². The van der Waals surface area contributed by atoms with Crippen molar-refractivity contribution in [1.82, 2.24) is 14.8 Å². The van der Waals surface area contributed by atoms with Gasteiger partial charge in [-0.05, 0) is 52.7 Å². The van der Waals surface area contributed by atoms with Gasteiger partial charge in [0.25, 0.3) is 0 Å². The fourth-order valence-corrected chi connectivity index (χ4v) is 3.52. The van der Waals surface area contributed by atoms with Gasteiger partial charge in [0.1, 0.15) is 0 Å². The van der Waals surface area contributed by atoms with Crippen molar-refractivity contribution in [1.29, 1.82) is 0 Å². The Bertz CT molecular complexity index is 472. The number of β-amino-alcohol motifs (C(OH)–C–C–N with tert-alkyl or cyclic N) is 1. The van der Waals surface area contributed by atoms with Crippen LogP contribution in [0.4, 0.5) is 5.13 Å². The minimum atomic E-state index is -0.260. The molecule has 0 aromatic carbocycles. The van der Waals surface area contributed by atoms with Crippen molar-refractivity contribution < 1.29 is 9.90 Å². The summed E-state index contributed by atoms with van der Waals surface area (Å²) in [7, 11) is 2.01. The number of rotatable bonds is 7. The fourth-order valence-electron chi connectivity index (χ4n) is 2.99. The van der Waals surface area contributed by atoms with Gasteiger partial charge in [0.15, 0.2) is 5.13 Å². The molecule has 130 valence electrons. The second-order valence-electron chi connectivity index (χ2n) is 6.54. The van der Waals surface area contributed by atoms with E-state index in [-0.39, 0.29) is 18.1 Å². The molecule has 0 bridgehead atoms. The lowest BCUT2D eigenvalue weighted by molar-refractivity contribution is -0.120. The molecule has 2 N–H and O–H groups in total. The molecule has 7 heteroatoms. The fraction of sp³-hybridized carbons (Fsp3) is 0.750. The molecular weight excluding hydrogens is 312 g/mol. The summed E-state index contributed by atoms with van der Waals surface area (Å²) in [5.41, 5.74) is 0. The molecular formula is C16H28N4O2S. The average Bonchev–Trinajstić information content (AvgIpc) is 3.00. The van der Waals surface area contributed by atoms with Crippen molar-refractivity contribution in [2.24, 2.45) is 5.92 Å². The highest BCUT2D eigenvalue weighted by Crippen LogP contribution is 2.19. The van der Waals surface area contributed by atoms with E-state index in [2.05, 4.69) is 20.1 Å². The van der Waals surface area contributed by atoms with Gasteiger partial charge >= 0.3 is 0 Å². The van der Waals surface area contributed by atoms with Crippen LogP contribution in [0.5, 0.6) is 0 Å². The number of hydrogen-bond acceptors (Lipinski definition) is 6. The van der Waals surface area contributed by atoms with Crippen molar-refractivity contribution in [3.63, 3.8) is 0 Å². The van der Waals surface area contributed by atoms with Crippen LogP contribution in [0, 0.1) is 5.92 Å². The Morgan fingerprint density at radius 2 is 2.22 bits per heavy atom. The maximum atomic E-state index is 12.2. The van der Waals surface area contributed by atoms with E-state index in [1.54, 1.807) is 6.20 Å². The van der Waals surface area contributed by atoms with Gasteiger partial charge in [-0.2, -0.15) is 0 Å². The molecule has 2 atom stereocenters. The zero-order valence-corrected chi connectivity index (χ0v) is 15.1. The Hall–Kier alpha value is -1.02. The molecule has 2 heterocycles. The summed E-state index contributed by atoms with van der Waals surface area (Å²) >= 11 is 1.43. The number of likely N-dealkylation sites (tertiary alicyclic amines) is 1. The van der Waals surface area contributed by atoms with Crippen LogP contribution in [0.3, 0.4) is 0 Å². The molecule has 1 aliphatic heterocycles. The summed E-state index contributed by atoms with van der Waals surface area (Å²) in [5.74, 6) is 0.606. The number of nitrogens with one attached hydrogen (secondary N) is 1. The summed E-state index contributed by atoms with van der Waals surface area (Å²) in [6.45, 7) is 7.52. The lowest BCUT2D eigenvalue weighted by Crippen LogP contribution is -2.45. The van der Waals surface area contributed by atoms with E-state index >= 15 is 0 Å². The van der Waals surface area contributed by atoms with E-state index in [9.17, 15) is 9.90 Å². The van der Waals surface area contributed by atoms with Crippen molar-refractivity contribution in [3.8, 4) is 0 Å². The van der Waals surface area contributed by atoms with E-state index in [1.165, 1.54) is 11.3 Å².